The molecule has 4 aromatic rings. The number of rotatable bonds is 24. The van der Waals surface area contributed by atoms with E-state index in [1.54, 1.807) is 6.07 Å². The molecule has 0 saturated carbocycles. The first-order valence-corrected chi connectivity index (χ1v) is 23.7. The molecule has 16 heteroatoms. The van der Waals surface area contributed by atoms with Gasteiger partial charge in [-0.25, -0.2) is 23.3 Å². The van der Waals surface area contributed by atoms with E-state index in [0.717, 1.165) is 81.5 Å². The molecule has 15 nitrogen and oxygen atoms in total. The second-order valence-corrected chi connectivity index (χ2v) is 18.5. The van der Waals surface area contributed by atoms with E-state index in [-0.39, 0.29) is 18.0 Å². The van der Waals surface area contributed by atoms with Crippen LogP contribution in [0.1, 0.15) is 118 Å². The molecular weight excluding hydrogens is 813 g/mol. The number of nitrogens with one attached hydrogen (secondary N) is 3. The van der Waals surface area contributed by atoms with Crippen LogP contribution in [0.4, 0.5) is 11.6 Å². The maximum atomic E-state index is 11.5. The Morgan fingerprint density at radius 2 is 1.37 bits per heavy atom. The summed E-state index contributed by atoms with van der Waals surface area (Å²) in [4.78, 5) is 9.64. The first kappa shape index (κ1) is 47.1. The van der Waals surface area contributed by atoms with Crippen LogP contribution in [0.5, 0.6) is 11.5 Å². The topological polar surface area (TPSA) is 208 Å². The van der Waals surface area contributed by atoms with E-state index in [1.807, 2.05) is 42.5 Å². The fourth-order valence-electron chi connectivity index (χ4n) is 7.97. The number of hydrogen-bond donors (Lipinski definition) is 7. The van der Waals surface area contributed by atoms with Crippen LogP contribution < -0.4 is 24.8 Å². The second kappa shape index (κ2) is 22.3. The highest BCUT2D eigenvalue weighted by Gasteiger charge is 2.44. The average Bonchev–Trinajstić information content (AvgIpc) is 3.49. The standard InChI is InChI=1S/C46H64N6O9S/c1-46(2,33-14-19-37(20-15-33)61-31-35-24-26-48-45(49-35)51-62(3,57)58)32-12-17-36(18-13-32)60-29-10-7-5-4-6-9-27-59-28-11-8-25-47-34-16-21-38-39(30-34)44(56)52(43(38)55)40-22-23-41(53)50-42(40)54/h12-21,24,26,30,40-44,47,50,53-56H,4-11,22-23,25,27-29,31H2,1-3H3,(H,48,49,51). The third-order valence-corrected chi connectivity index (χ3v) is 12.1. The van der Waals surface area contributed by atoms with E-state index in [4.69, 9.17) is 14.2 Å². The van der Waals surface area contributed by atoms with Crippen LogP contribution in [0, 0.1) is 0 Å². The molecule has 6 rings (SSSR count). The number of ether oxygens (including phenoxy) is 3. The fourth-order valence-corrected chi connectivity index (χ4v) is 8.40. The van der Waals surface area contributed by atoms with E-state index in [2.05, 4.69) is 63.4 Å². The van der Waals surface area contributed by atoms with Gasteiger partial charge in [0, 0.05) is 48.2 Å². The zero-order chi connectivity index (χ0) is 44.1. The van der Waals surface area contributed by atoms with E-state index >= 15 is 0 Å². The second-order valence-electron chi connectivity index (χ2n) is 16.7. The van der Waals surface area contributed by atoms with Crippen molar-refractivity contribution >= 4 is 21.7 Å². The summed E-state index contributed by atoms with van der Waals surface area (Å²) >= 11 is 0. The highest BCUT2D eigenvalue weighted by atomic mass is 32.2. The minimum atomic E-state index is -3.47. The van der Waals surface area contributed by atoms with E-state index in [0.29, 0.717) is 42.0 Å². The number of anilines is 2. The van der Waals surface area contributed by atoms with Gasteiger partial charge in [-0.3, -0.25) is 10.0 Å². The van der Waals surface area contributed by atoms with E-state index in [9.17, 15) is 28.8 Å². The molecule has 5 unspecified atom stereocenters. The molecule has 0 amide bonds. The summed E-state index contributed by atoms with van der Waals surface area (Å²) in [7, 11) is -3.47. The van der Waals surface area contributed by atoms with Crippen LogP contribution >= 0.6 is 0 Å². The number of aliphatic hydroxyl groups excluding tert-OH is 4. The van der Waals surface area contributed by atoms with Crippen molar-refractivity contribution in [3.63, 3.8) is 0 Å². The van der Waals surface area contributed by atoms with Gasteiger partial charge in [0.1, 0.15) is 43.0 Å². The van der Waals surface area contributed by atoms with Gasteiger partial charge in [-0.1, -0.05) is 69.9 Å². The molecule has 7 N–H and O–H groups in total. The molecule has 2 aliphatic heterocycles. The summed E-state index contributed by atoms with van der Waals surface area (Å²) in [6, 6.07) is 23.0. The van der Waals surface area contributed by atoms with Gasteiger partial charge in [-0.05, 0) is 92.1 Å². The first-order valence-electron chi connectivity index (χ1n) is 21.8. The minimum absolute atomic E-state index is 0.0115. The van der Waals surface area contributed by atoms with Gasteiger partial charge in [-0.15, -0.1) is 0 Å². The van der Waals surface area contributed by atoms with Gasteiger partial charge >= 0.3 is 0 Å². The average molecular weight is 877 g/mol. The van der Waals surface area contributed by atoms with Crippen LogP contribution in [0.25, 0.3) is 0 Å². The summed E-state index contributed by atoms with van der Waals surface area (Å²) < 4.78 is 43.1. The van der Waals surface area contributed by atoms with Crippen molar-refractivity contribution in [3.05, 3.63) is 107 Å². The molecule has 2 aliphatic rings. The zero-order valence-electron chi connectivity index (χ0n) is 36.1. The van der Waals surface area contributed by atoms with Crippen molar-refractivity contribution in [1.29, 1.82) is 0 Å². The Labute approximate surface area is 365 Å². The van der Waals surface area contributed by atoms with E-state index in [1.165, 1.54) is 29.5 Å². The summed E-state index contributed by atoms with van der Waals surface area (Å²) in [6.07, 6.45) is 8.11. The van der Waals surface area contributed by atoms with Crippen LogP contribution in [0.2, 0.25) is 0 Å². The Kier molecular flexibility index (Phi) is 16.9. The lowest BCUT2D eigenvalue weighted by Crippen LogP contribution is -2.57. The highest BCUT2D eigenvalue weighted by Crippen LogP contribution is 2.43. The molecule has 1 fully saturated rings. The van der Waals surface area contributed by atoms with Crippen LogP contribution in [0.3, 0.4) is 0 Å². The van der Waals surface area contributed by atoms with Crippen molar-refractivity contribution in [2.45, 2.75) is 121 Å². The number of benzene rings is 3. The number of sulfonamides is 1. The third kappa shape index (κ3) is 13.3. The predicted octanol–water partition coefficient (Wildman–Crippen LogP) is 6.07. The summed E-state index contributed by atoms with van der Waals surface area (Å²) in [5, 5.41) is 48.2. The molecule has 0 radical (unpaired) electrons. The molecule has 0 spiro atoms. The van der Waals surface area contributed by atoms with Gasteiger partial charge in [0.25, 0.3) is 0 Å². The molecule has 62 heavy (non-hydrogen) atoms. The molecule has 0 bridgehead atoms. The number of hydrogen-bond acceptors (Lipinski definition) is 14. The lowest BCUT2D eigenvalue weighted by molar-refractivity contribution is -0.159. The Balaban J connectivity index is 0.773. The number of unbranched alkanes of at least 4 members (excludes halogenated alkanes) is 6. The Hall–Kier alpha value is -4.39. The maximum absolute atomic E-state index is 11.5. The molecular formula is C46H64N6O9S. The number of nitrogens with zero attached hydrogens (tertiary/aromatic N) is 3. The van der Waals surface area contributed by atoms with Crippen molar-refractivity contribution in [1.82, 2.24) is 20.2 Å². The maximum Gasteiger partial charge on any atom is 0.236 e. The Morgan fingerprint density at radius 3 is 2.03 bits per heavy atom. The molecule has 1 aromatic heterocycles. The largest absolute Gasteiger partial charge is 0.494 e. The van der Waals surface area contributed by atoms with Gasteiger partial charge in [0.15, 0.2) is 0 Å². The van der Waals surface area contributed by atoms with Gasteiger partial charge in [0.05, 0.1) is 24.6 Å². The van der Waals surface area contributed by atoms with Crippen molar-refractivity contribution in [2.24, 2.45) is 0 Å². The van der Waals surface area contributed by atoms with E-state index < -0.39 is 41.0 Å². The summed E-state index contributed by atoms with van der Waals surface area (Å²) in [5.74, 6) is 1.56. The van der Waals surface area contributed by atoms with Crippen LogP contribution in [-0.2, 0) is 26.8 Å². The smallest absolute Gasteiger partial charge is 0.236 e. The third-order valence-electron chi connectivity index (χ3n) is 11.6. The highest BCUT2D eigenvalue weighted by molar-refractivity contribution is 7.92. The summed E-state index contributed by atoms with van der Waals surface area (Å²) in [6.45, 7) is 7.51. The molecule has 0 aliphatic carbocycles. The Bertz CT molecular complexity index is 2110. The molecule has 5 atom stereocenters. The molecule has 338 valence electrons. The normalized spacial score (nSPS) is 20.5. The van der Waals surface area contributed by atoms with Gasteiger partial charge in [0.2, 0.25) is 16.0 Å². The monoisotopic (exact) mass is 876 g/mol. The molecule has 3 aromatic carbocycles. The van der Waals surface area contributed by atoms with Crippen LogP contribution in [0.15, 0.2) is 79.0 Å². The number of fused-ring (bicyclic) bond motifs is 1. The molecule has 3 heterocycles. The fraction of sp³-hybridized carbons (Fsp3) is 0.522. The van der Waals surface area contributed by atoms with Crippen molar-refractivity contribution in [3.8, 4) is 11.5 Å². The lowest BCUT2D eigenvalue weighted by atomic mass is 9.78. The summed E-state index contributed by atoms with van der Waals surface area (Å²) in [5.41, 5.74) is 4.75. The van der Waals surface area contributed by atoms with Gasteiger partial charge in [-0.2, -0.15) is 0 Å². The number of aromatic nitrogens is 2. The lowest BCUT2D eigenvalue weighted by Gasteiger charge is -2.40. The predicted molar refractivity (Wildman–Crippen MR) is 238 cm³/mol. The quantitative estimate of drug-likeness (QED) is 0.0399. The first-order chi connectivity index (χ1) is 29.8. The number of aliphatic hydroxyl groups is 4. The zero-order valence-corrected chi connectivity index (χ0v) is 36.9. The van der Waals surface area contributed by atoms with Gasteiger partial charge < -0.3 is 40.0 Å². The van der Waals surface area contributed by atoms with Crippen molar-refractivity contribution in [2.75, 3.05) is 42.7 Å². The van der Waals surface area contributed by atoms with Crippen molar-refractivity contribution < 1.29 is 43.1 Å². The molecule has 1 saturated heterocycles. The minimum Gasteiger partial charge on any atom is -0.494 e. The Morgan fingerprint density at radius 1 is 0.758 bits per heavy atom. The van der Waals surface area contributed by atoms with Crippen LogP contribution in [-0.4, -0.2) is 94.8 Å². The SMILES string of the molecule is CC(C)(c1ccc(OCCCCCCCCOCCCCNc2ccc3c(c2)C(O)N(C2CCC(O)NC2O)C3O)cc1)c1ccc(OCc2ccnc(NS(C)(=O)=O)n2)cc1. The number of piperidine rings is 1.